The Bertz CT molecular complexity index is 2050. The van der Waals surface area contributed by atoms with E-state index in [4.69, 9.17) is 15.2 Å². The molecule has 4 heterocycles. The summed E-state index contributed by atoms with van der Waals surface area (Å²) in [6.45, 7) is -3.11. The molecule has 28 nitrogen and oxygen atoms in total. The molecular weight excluding hydrogens is 869 g/mol. The summed E-state index contributed by atoms with van der Waals surface area (Å²) in [5.41, 5.74) is 2.91. The zero-order valence-corrected chi connectivity index (χ0v) is 32.3. The predicted octanol–water partition coefficient (Wildman–Crippen LogP) is -0.906. The molecule has 2 aromatic rings. The number of aliphatic hydroxyl groups excluding tert-OH is 1. The van der Waals surface area contributed by atoms with Gasteiger partial charge in [0.1, 0.15) is 31.0 Å². The van der Waals surface area contributed by atoms with E-state index >= 15 is 8.78 Å². The van der Waals surface area contributed by atoms with E-state index in [9.17, 15) is 47.9 Å². The molecule has 2 fully saturated rings. The summed E-state index contributed by atoms with van der Waals surface area (Å²) in [7, 11) is -14.1. The van der Waals surface area contributed by atoms with Crippen molar-refractivity contribution in [2.24, 2.45) is 5.92 Å². The maximum Gasteiger partial charge on any atom is 0.472 e. The molecular formula is C25H35F2N5O23P3-. The zero-order valence-electron chi connectivity index (χ0n) is 29.6. The van der Waals surface area contributed by atoms with Gasteiger partial charge in [0.05, 0.1) is 44.6 Å². The molecule has 58 heavy (non-hydrogen) atoms. The van der Waals surface area contributed by atoms with Crippen LogP contribution in [0.2, 0.25) is 0 Å². The number of nitrogens with two attached hydrogens (primary N) is 1. The minimum Gasteiger partial charge on any atom is -0.746 e. The van der Waals surface area contributed by atoms with Gasteiger partial charge in [-0.25, -0.2) is 32.4 Å². The highest BCUT2D eigenvalue weighted by Gasteiger charge is 2.61. The molecule has 6 N–H and O–H groups in total. The Balaban J connectivity index is 1.12. The minimum absolute atomic E-state index is 0.130. The van der Waals surface area contributed by atoms with Gasteiger partial charge in [0, 0.05) is 41.6 Å². The highest BCUT2D eigenvalue weighted by molar-refractivity contribution is 7.47. The number of H-pyrrole nitrogens is 1. The van der Waals surface area contributed by atoms with Gasteiger partial charge in [-0.2, -0.15) is 4.98 Å². The summed E-state index contributed by atoms with van der Waals surface area (Å²) in [4.78, 5) is 81.3. The summed E-state index contributed by atoms with van der Waals surface area (Å²) in [5, 5.41) is 22.1. The van der Waals surface area contributed by atoms with Gasteiger partial charge in [-0.05, 0) is 18.0 Å². The third-order valence-electron chi connectivity index (χ3n) is 7.65. The lowest BCUT2D eigenvalue weighted by molar-refractivity contribution is -0.700. The second kappa shape index (κ2) is 20.3. The third-order valence-corrected chi connectivity index (χ3v) is 10.4. The number of aromatic amines is 1. The highest BCUT2D eigenvalue weighted by atomic mass is 31.2. The lowest BCUT2D eigenvalue weighted by Gasteiger charge is -2.25. The van der Waals surface area contributed by atoms with Crippen molar-refractivity contribution >= 4 is 29.3 Å². The van der Waals surface area contributed by atoms with Crippen molar-refractivity contribution in [3.8, 4) is 0 Å². The maximum atomic E-state index is 15.5. The van der Waals surface area contributed by atoms with Crippen LogP contribution in [0, 0.1) is 12.8 Å². The first-order valence-electron chi connectivity index (χ1n) is 15.9. The Morgan fingerprint density at radius 2 is 1.71 bits per heavy atom. The fourth-order valence-electron chi connectivity index (χ4n) is 4.89. The number of ether oxygens (including phenoxy) is 2. The van der Waals surface area contributed by atoms with E-state index in [-0.39, 0.29) is 17.8 Å². The van der Waals surface area contributed by atoms with Gasteiger partial charge in [0.25, 0.3) is 11.5 Å². The first-order valence-corrected chi connectivity index (χ1v) is 20.4. The van der Waals surface area contributed by atoms with E-state index in [2.05, 4.69) is 62.0 Å². The number of aliphatic hydroxyl groups is 1. The highest BCUT2D eigenvalue weighted by Crippen LogP contribution is 2.52. The number of aromatic nitrogens is 4. The SMILES string of the molecule is COP(=O)(O)OCC1OC(n2ccc(N)nc2=O)C(F)(F)C1COP(=O)(O)OCCOOOOO/C=C/OP(=O)([O-])OC[C@H]1O[C@@H](n2cc(C)c(=O)[nH]c2=O)CC1O. The molecule has 33 heteroatoms. The molecule has 0 radical (unpaired) electrons. The van der Waals surface area contributed by atoms with Crippen LogP contribution in [0.25, 0.3) is 0 Å². The lowest BCUT2D eigenvalue weighted by Crippen LogP contribution is -2.40. The van der Waals surface area contributed by atoms with E-state index in [0.717, 1.165) is 23.9 Å². The number of anilines is 1. The second-order valence-corrected chi connectivity index (χ2v) is 15.9. The Hall–Kier alpha value is -3.35. The van der Waals surface area contributed by atoms with Crippen molar-refractivity contribution < 1.29 is 104 Å². The van der Waals surface area contributed by atoms with Crippen LogP contribution < -0.4 is 27.6 Å². The second-order valence-electron chi connectivity index (χ2n) is 11.5. The standard InChI is InChI=1S/C25H36F2N5O23P3/c1-14-10-32(24(36)30-21(14)34)20-9-16(33)18(51-20)13-50-58(41,42)47-8-6-45-54-55-53-44-5-7-46-57(39,40)48-11-15-17(12-49-56(37,38)43-2)52-22(25(15,26)27)31-4-3-19(28)29-23(31)35/h3-4,6,8,10,15-18,20,22,33H,5,7,9,11-13H2,1-2H3,(H,37,38)(H,39,40)(H,41,42)(H2,28,29,35)(H,30,34,36)/p-1/b8-6+/t15?,16?,17?,18-,20-,22?/m1/s1. The molecule has 2 aliphatic heterocycles. The molecule has 0 amide bonds. The van der Waals surface area contributed by atoms with Gasteiger partial charge < -0.3 is 48.9 Å². The van der Waals surface area contributed by atoms with Gasteiger partial charge >= 0.3 is 34.8 Å². The summed E-state index contributed by atoms with van der Waals surface area (Å²) < 4.78 is 106. The van der Waals surface area contributed by atoms with Crippen LogP contribution in [-0.2, 0) is 75.2 Å². The van der Waals surface area contributed by atoms with Crippen molar-refractivity contribution in [2.45, 2.75) is 50.0 Å². The number of aryl methyl sites for hydroxylation is 1. The number of rotatable bonds is 23. The van der Waals surface area contributed by atoms with Crippen LogP contribution in [0.3, 0.4) is 0 Å². The molecule has 2 saturated heterocycles. The van der Waals surface area contributed by atoms with E-state index in [0.29, 0.717) is 17.1 Å². The normalized spacial score (nSPS) is 26.3. The predicted molar refractivity (Wildman–Crippen MR) is 174 cm³/mol. The Morgan fingerprint density at radius 3 is 2.41 bits per heavy atom. The fraction of sp³-hybridized carbons (Fsp3) is 0.600. The maximum absolute atomic E-state index is 15.5. The van der Waals surface area contributed by atoms with E-state index in [1.54, 1.807) is 0 Å². The number of alkyl halides is 2. The largest absolute Gasteiger partial charge is 0.746 e. The third kappa shape index (κ3) is 13.3. The number of phosphoric acid groups is 3. The fourth-order valence-corrected chi connectivity index (χ4v) is 6.65. The zero-order chi connectivity index (χ0) is 42.9. The van der Waals surface area contributed by atoms with Gasteiger partial charge in [-0.1, -0.05) is 0 Å². The van der Waals surface area contributed by atoms with E-state index < -0.39 is 116 Å². The molecule has 4 rings (SSSR count). The molecule has 328 valence electrons. The number of hydrogen-bond acceptors (Lipinski definition) is 23. The quantitative estimate of drug-likeness (QED) is 0.0296. The van der Waals surface area contributed by atoms with Crippen LogP contribution in [0.15, 0.2) is 45.4 Å². The van der Waals surface area contributed by atoms with Crippen LogP contribution in [0.4, 0.5) is 14.6 Å². The minimum atomic E-state index is -5.13. The Morgan fingerprint density at radius 1 is 1.00 bits per heavy atom. The Kier molecular flexibility index (Phi) is 16.5. The first-order chi connectivity index (χ1) is 27.1. The molecule has 0 aliphatic carbocycles. The molecule has 0 aromatic carbocycles. The van der Waals surface area contributed by atoms with Crippen molar-refractivity contribution in [3.05, 3.63) is 67.9 Å². The van der Waals surface area contributed by atoms with Crippen LogP contribution in [0.5, 0.6) is 0 Å². The number of phosphoric ester groups is 3. The number of hydrogen-bond donors (Lipinski definition) is 5. The van der Waals surface area contributed by atoms with Gasteiger partial charge in [-0.3, -0.25) is 41.6 Å². The van der Waals surface area contributed by atoms with E-state index in [1.807, 2.05) is 0 Å². The smallest absolute Gasteiger partial charge is 0.472 e. The summed E-state index contributed by atoms with van der Waals surface area (Å²) in [6, 6.07) is 1.01. The van der Waals surface area contributed by atoms with Gasteiger partial charge in [0.2, 0.25) is 6.23 Å². The van der Waals surface area contributed by atoms with Crippen molar-refractivity contribution in [3.63, 3.8) is 0 Å². The molecule has 0 bridgehead atoms. The van der Waals surface area contributed by atoms with E-state index in [1.165, 1.54) is 13.1 Å². The van der Waals surface area contributed by atoms with Gasteiger partial charge in [-0.15, -0.1) is 0 Å². The topological polar surface area (TPSA) is 371 Å². The average molecular weight is 904 g/mol. The number of nitrogens with zero attached hydrogens (tertiary/aromatic N) is 3. The first kappa shape index (κ1) is 47.3. The van der Waals surface area contributed by atoms with Crippen LogP contribution >= 0.6 is 23.5 Å². The molecule has 7 unspecified atom stereocenters. The molecule has 2 aromatic heterocycles. The lowest BCUT2D eigenvalue weighted by atomic mass is 9.98. The summed E-state index contributed by atoms with van der Waals surface area (Å²) in [6.07, 6.45) is -4.91. The van der Waals surface area contributed by atoms with Crippen LogP contribution in [-0.4, -0.2) is 98.4 Å². The van der Waals surface area contributed by atoms with Crippen molar-refractivity contribution in [1.82, 2.24) is 19.1 Å². The van der Waals surface area contributed by atoms with Crippen LogP contribution in [0.1, 0.15) is 24.4 Å². The monoisotopic (exact) mass is 904 g/mol. The van der Waals surface area contributed by atoms with Crippen molar-refractivity contribution in [1.29, 1.82) is 0 Å². The molecule has 2 aliphatic rings. The number of nitrogens with one attached hydrogen (secondary N) is 1. The molecule has 0 spiro atoms. The average Bonchev–Trinajstić information content (AvgIpc) is 3.63. The summed E-state index contributed by atoms with van der Waals surface area (Å²) in [5.74, 6) is -6.54. The van der Waals surface area contributed by atoms with Crippen molar-refractivity contribution in [2.75, 3.05) is 45.9 Å². The molecule has 0 saturated carbocycles. The Labute approximate surface area is 321 Å². The number of halogens is 2. The summed E-state index contributed by atoms with van der Waals surface area (Å²) >= 11 is 0. The van der Waals surface area contributed by atoms with Gasteiger partial charge in [0.15, 0.2) is 6.26 Å². The number of nitrogen functional groups attached to an aromatic ring is 1. The molecule has 9 atom stereocenters.